The monoisotopic (exact) mass is 408 g/mol. The van der Waals surface area contributed by atoms with Crippen molar-refractivity contribution in [2.45, 2.75) is 18.6 Å². The van der Waals surface area contributed by atoms with Crippen molar-refractivity contribution in [3.8, 4) is 23.3 Å². The van der Waals surface area contributed by atoms with Gasteiger partial charge in [0.25, 0.3) is 5.22 Å². The number of carbonyl (C=O) groups excluding carboxylic acids is 1. The third kappa shape index (κ3) is 5.36. The molecule has 0 atom stereocenters. The molecule has 0 aliphatic heterocycles. The maximum Gasteiger partial charge on any atom is 0.277 e. The summed E-state index contributed by atoms with van der Waals surface area (Å²) in [6.45, 7) is 2.32. The molecule has 0 spiro atoms. The lowest BCUT2D eigenvalue weighted by Crippen LogP contribution is -2.33. The molecule has 1 heterocycles. The first-order chi connectivity index (χ1) is 14.1. The quantitative estimate of drug-likeness (QED) is 0.518. The molecule has 29 heavy (non-hydrogen) atoms. The summed E-state index contributed by atoms with van der Waals surface area (Å²) in [5.41, 5.74) is 2.64. The molecular formula is C21H20N4O3S. The van der Waals surface area contributed by atoms with Crippen molar-refractivity contribution in [2.75, 3.05) is 24.3 Å². The van der Waals surface area contributed by atoms with Crippen molar-refractivity contribution in [3.63, 3.8) is 0 Å². The molecule has 0 unspecified atom stereocenters. The number of hydrogen-bond donors (Lipinski definition) is 0. The van der Waals surface area contributed by atoms with Gasteiger partial charge in [-0.1, -0.05) is 29.5 Å². The summed E-state index contributed by atoms with van der Waals surface area (Å²) < 4.78 is 10.8. The topological polar surface area (TPSA) is 92.3 Å². The first-order valence-electron chi connectivity index (χ1n) is 8.95. The zero-order chi connectivity index (χ0) is 20.6. The normalized spacial score (nSPS) is 10.4. The third-order valence-corrected chi connectivity index (χ3v) is 4.96. The van der Waals surface area contributed by atoms with Crippen LogP contribution in [0.3, 0.4) is 0 Å². The Bertz CT molecular complexity index is 994. The summed E-state index contributed by atoms with van der Waals surface area (Å²) in [4.78, 5) is 14.4. The Kier molecular flexibility index (Phi) is 6.87. The van der Waals surface area contributed by atoms with E-state index in [9.17, 15) is 4.79 Å². The average molecular weight is 408 g/mol. The summed E-state index contributed by atoms with van der Waals surface area (Å²) >= 11 is 1.17. The van der Waals surface area contributed by atoms with Crippen LogP contribution in [0.4, 0.5) is 5.69 Å². The fourth-order valence-corrected chi connectivity index (χ4v) is 3.24. The molecule has 0 aliphatic rings. The van der Waals surface area contributed by atoms with Crippen molar-refractivity contribution in [2.24, 2.45) is 0 Å². The summed E-state index contributed by atoms with van der Waals surface area (Å²) in [6.07, 6.45) is 0.256. The molecule has 148 valence electrons. The first-order valence-corrected chi connectivity index (χ1v) is 9.94. The minimum Gasteiger partial charge on any atom is -0.497 e. The Balaban J connectivity index is 1.65. The van der Waals surface area contributed by atoms with Crippen molar-refractivity contribution in [1.29, 1.82) is 5.26 Å². The van der Waals surface area contributed by atoms with E-state index in [4.69, 9.17) is 14.4 Å². The molecule has 7 nitrogen and oxygen atoms in total. The third-order valence-electron chi connectivity index (χ3n) is 4.16. The van der Waals surface area contributed by atoms with Gasteiger partial charge in [0.2, 0.25) is 11.8 Å². The number of nitrogens with zero attached hydrogens (tertiary/aromatic N) is 4. The summed E-state index contributed by atoms with van der Waals surface area (Å²) in [7, 11) is 1.60. The molecule has 0 radical (unpaired) electrons. The number of anilines is 1. The van der Waals surface area contributed by atoms with Crippen LogP contribution < -0.4 is 9.64 Å². The largest absolute Gasteiger partial charge is 0.497 e. The van der Waals surface area contributed by atoms with Crippen LogP contribution in [0.2, 0.25) is 0 Å². The fraction of sp³-hybridized carbons (Fsp3) is 0.238. The highest BCUT2D eigenvalue weighted by molar-refractivity contribution is 7.99. The minimum atomic E-state index is -0.127. The van der Waals surface area contributed by atoms with Gasteiger partial charge in [-0.05, 0) is 43.3 Å². The number of carbonyl (C=O) groups is 1. The van der Waals surface area contributed by atoms with Crippen LogP contribution in [0, 0.1) is 18.3 Å². The standard InChI is InChI=1S/C21H20N4O3S/c1-15-4-8-17(9-5-15)25(13-3-12-22)19(26)14-29-21-24-23-20(28-21)16-6-10-18(27-2)11-7-16/h4-11H,3,13-14H2,1-2H3. The van der Waals surface area contributed by atoms with Crippen LogP contribution in [0.25, 0.3) is 11.5 Å². The van der Waals surface area contributed by atoms with E-state index < -0.39 is 0 Å². The molecule has 8 heteroatoms. The summed E-state index contributed by atoms with van der Waals surface area (Å²) in [6, 6.07) is 17.0. The summed E-state index contributed by atoms with van der Waals surface area (Å²) in [5, 5.41) is 17.3. The zero-order valence-electron chi connectivity index (χ0n) is 16.2. The number of aromatic nitrogens is 2. The van der Waals surface area contributed by atoms with Gasteiger partial charge in [0.05, 0.1) is 25.4 Å². The second-order valence-electron chi connectivity index (χ2n) is 6.18. The molecule has 0 fully saturated rings. The Morgan fingerprint density at radius 3 is 2.55 bits per heavy atom. The molecule has 1 aromatic heterocycles. The van der Waals surface area contributed by atoms with E-state index in [2.05, 4.69) is 16.3 Å². The number of amides is 1. The Morgan fingerprint density at radius 1 is 1.17 bits per heavy atom. The van der Waals surface area contributed by atoms with Gasteiger partial charge >= 0.3 is 0 Å². The van der Waals surface area contributed by atoms with Gasteiger partial charge in [0.1, 0.15) is 5.75 Å². The molecule has 0 saturated heterocycles. The predicted molar refractivity (Wildman–Crippen MR) is 111 cm³/mol. The van der Waals surface area contributed by atoms with Crippen LogP contribution in [-0.4, -0.2) is 35.5 Å². The average Bonchev–Trinajstić information content (AvgIpc) is 3.23. The molecule has 1 amide bonds. The van der Waals surface area contributed by atoms with Gasteiger partial charge in [0.15, 0.2) is 0 Å². The van der Waals surface area contributed by atoms with Crippen molar-refractivity contribution < 1.29 is 13.9 Å². The highest BCUT2D eigenvalue weighted by atomic mass is 32.2. The second kappa shape index (κ2) is 9.75. The zero-order valence-corrected chi connectivity index (χ0v) is 17.0. The predicted octanol–water partition coefficient (Wildman–Crippen LogP) is 4.09. The smallest absolute Gasteiger partial charge is 0.277 e. The molecule has 3 aromatic rings. The molecule has 0 saturated carbocycles. The first kappa shape index (κ1) is 20.4. The number of hydrogen-bond acceptors (Lipinski definition) is 7. The van der Waals surface area contributed by atoms with Gasteiger partial charge < -0.3 is 14.1 Å². The fourth-order valence-electron chi connectivity index (χ4n) is 2.60. The molecular weight excluding hydrogens is 388 g/mol. The Morgan fingerprint density at radius 2 is 1.90 bits per heavy atom. The lowest BCUT2D eigenvalue weighted by molar-refractivity contribution is -0.116. The molecule has 0 N–H and O–H groups in total. The number of thioether (sulfide) groups is 1. The van der Waals surface area contributed by atoms with E-state index >= 15 is 0 Å². The number of nitriles is 1. The number of ether oxygens (including phenoxy) is 1. The number of rotatable bonds is 8. The second-order valence-corrected chi connectivity index (χ2v) is 7.11. The van der Waals surface area contributed by atoms with Gasteiger partial charge in [-0.25, -0.2) is 0 Å². The Labute approximate surface area is 173 Å². The van der Waals surface area contributed by atoms with Gasteiger partial charge in [-0.2, -0.15) is 5.26 Å². The van der Waals surface area contributed by atoms with Gasteiger partial charge in [-0.3, -0.25) is 4.79 Å². The maximum absolute atomic E-state index is 12.7. The SMILES string of the molecule is COc1ccc(-c2nnc(SCC(=O)N(CCC#N)c3ccc(C)cc3)o2)cc1. The maximum atomic E-state index is 12.7. The van der Waals surface area contributed by atoms with E-state index in [1.54, 1.807) is 12.0 Å². The van der Waals surface area contributed by atoms with Crippen molar-refractivity contribution in [1.82, 2.24) is 10.2 Å². The van der Waals surface area contributed by atoms with E-state index in [1.807, 2.05) is 55.5 Å². The van der Waals surface area contributed by atoms with Crippen LogP contribution in [0.15, 0.2) is 58.2 Å². The van der Waals surface area contributed by atoms with Gasteiger partial charge in [-0.15, -0.1) is 10.2 Å². The van der Waals surface area contributed by atoms with Crippen molar-refractivity contribution >= 4 is 23.4 Å². The van der Waals surface area contributed by atoms with E-state index in [0.717, 1.165) is 22.6 Å². The van der Waals surface area contributed by atoms with E-state index in [-0.39, 0.29) is 18.1 Å². The molecule has 3 rings (SSSR count). The summed E-state index contributed by atoms with van der Waals surface area (Å²) in [5.74, 6) is 1.12. The molecule has 2 aromatic carbocycles. The lowest BCUT2D eigenvalue weighted by Gasteiger charge is -2.21. The van der Waals surface area contributed by atoms with E-state index in [0.29, 0.717) is 17.7 Å². The van der Waals surface area contributed by atoms with Crippen LogP contribution in [0.5, 0.6) is 5.75 Å². The molecule has 0 aliphatic carbocycles. The van der Waals surface area contributed by atoms with Crippen LogP contribution in [0.1, 0.15) is 12.0 Å². The molecule has 0 bridgehead atoms. The van der Waals surface area contributed by atoms with Crippen molar-refractivity contribution in [3.05, 3.63) is 54.1 Å². The lowest BCUT2D eigenvalue weighted by atomic mass is 10.2. The highest BCUT2D eigenvalue weighted by Gasteiger charge is 2.18. The highest BCUT2D eigenvalue weighted by Crippen LogP contribution is 2.25. The number of aryl methyl sites for hydroxylation is 1. The number of methoxy groups -OCH3 is 1. The van der Waals surface area contributed by atoms with Gasteiger partial charge in [0, 0.05) is 17.8 Å². The minimum absolute atomic E-state index is 0.127. The van der Waals surface area contributed by atoms with Crippen LogP contribution in [-0.2, 0) is 4.79 Å². The van der Waals surface area contributed by atoms with E-state index in [1.165, 1.54) is 11.8 Å². The van der Waals surface area contributed by atoms with Crippen LogP contribution >= 0.6 is 11.8 Å². The Hall–Kier alpha value is -3.31. The number of benzene rings is 2.